The van der Waals surface area contributed by atoms with E-state index in [1.54, 1.807) is 6.07 Å². The summed E-state index contributed by atoms with van der Waals surface area (Å²) in [5.41, 5.74) is 0.0252. The zero-order valence-corrected chi connectivity index (χ0v) is 10.2. The summed E-state index contributed by atoms with van der Waals surface area (Å²) in [6.07, 6.45) is 0. The number of rotatable bonds is 6. The second kappa shape index (κ2) is 6.48. The van der Waals surface area contributed by atoms with Gasteiger partial charge < -0.3 is 19.9 Å². The van der Waals surface area contributed by atoms with Crippen molar-refractivity contribution in [3.05, 3.63) is 23.8 Å². The molecule has 1 aromatic rings. The van der Waals surface area contributed by atoms with Crippen molar-refractivity contribution >= 4 is 11.9 Å². The number of hydrogen-bond acceptors (Lipinski definition) is 4. The molecule has 0 bridgehead atoms. The second-order valence-electron chi connectivity index (χ2n) is 3.50. The van der Waals surface area contributed by atoms with E-state index >= 15 is 0 Å². The molecule has 6 heteroatoms. The van der Waals surface area contributed by atoms with Gasteiger partial charge in [0.05, 0.1) is 13.7 Å². The Bertz CT molecular complexity index is 444. The molecule has 0 atom stereocenters. The van der Waals surface area contributed by atoms with Crippen LogP contribution < -0.4 is 14.8 Å². The fraction of sp³-hybridized carbons (Fsp3) is 0.333. The summed E-state index contributed by atoms with van der Waals surface area (Å²) in [7, 11) is 1.46. The Morgan fingerprint density at radius 2 is 2.11 bits per heavy atom. The fourth-order valence-electron chi connectivity index (χ4n) is 1.32. The van der Waals surface area contributed by atoms with Gasteiger partial charge in [-0.3, -0.25) is 4.79 Å². The molecule has 0 heterocycles. The summed E-state index contributed by atoms with van der Waals surface area (Å²) < 4.78 is 10.2. The molecule has 0 saturated heterocycles. The summed E-state index contributed by atoms with van der Waals surface area (Å²) in [6, 6.07) is 4.52. The van der Waals surface area contributed by atoms with Crippen LogP contribution in [0.4, 0.5) is 0 Å². The minimum atomic E-state index is -1.09. The topological polar surface area (TPSA) is 84.9 Å². The predicted octanol–water partition coefficient (Wildman–Crippen LogP) is 0.908. The van der Waals surface area contributed by atoms with Crippen LogP contribution in [0.3, 0.4) is 0 Å². The lowest BCUT2D eigenvalue weighted by molar-refractivity contribution is -0.119. The normalized spacial score (nSPS) is 9.67. The largest absolute Gasteiger partial charge is 0.497 e. The Morgan fingerprint density at radius 1 is 1.39 bits per heavy atom. The minimum Gasteiger partial charge on any atom is -0.497 e. The first-order valence-electron chi connectivity index (χ1n) is 5.33. The van der Waals surface area contributed by atoms with Gasteiger partial charge in [0, 0.05) is 6.92 Å². The highest BCUT2D eigenvalue weighted by Gasteiger charge is 2.12. The van der Waals surface area contributed by atoms with Gasteiger partial charge in [-0.05, 0) is 18.2 Å². The quantitative estimate of drug-likeness (QED) is 0.736. The minimum absolute atomic E-state index is 0.0252. The third-order valence-corrected chi connectivity index (χ3v) is 2.15. The number of amides is 1. The SMILES string of the molecule is COc1ccc(OCCNC(C)=O)c(C(=O)O)c1. The van der Waals surface area contributed by atoms with E-state index in [2.05, 4.69) is 5.32 Å². The standard InChI is InChI=1S/C12H15NO5/c1-8(14)13-5-6-18-11-4-3-9(17-2)7-10(11)12(15)16/h3-4,7H,5-6H2,1-2H3,(H,13,14)(H,15,16). The van der Waals surface area contributed by atoms with Crippen molar-refractivity contribution in [2.75, 3.05) is 20.3 Å². The summed E-state index contributed by atoms with van der Waals surface area (Å²) in [5, 5.41) is 11.6. The van der Waals surface area contributed by atoms with E-state index in [0.29, 0.717) is 12.3 Å². The maximum atomic E-state index is 11.0. The van der Waals surface area contributed by atoms with Gasteiger partial charge >= 0.3 is 5.97 Å². The Morgan fingerprint density at radius 3 is 2.67 bits per heavy atom. The number of methoxy groups -OCH3 is 1. The molecule has 1 amide bonds. The van der Waals surface area contributed by atoms with Crippen molar-refractivity contribution in [3.63, 3.8) is 0 Å². The lowest BCUT2D eigenvalue weighted by Gasteiger charge is -2.10. The van der Waals surface area contributed by atoms with E-state index < -0.39 is 5.97 Å². The van der Waals surface area contributed by atoms with Crippen LogP contribution in [0.15, 0.2) is 18.2 Å². The molecular formula is C12H15NO5. The predicted molar refractivity (Wildman–Crippen MR) is 64.1 cm³/mol. The second-order valence-corrected chi connectivity index (χ2v) is 3.50. The summed E-state index contributed by atoms with van der Waals surface area (Å²) in [5.74, 6) is -0.564. The number of carbonyl (C=O) groups is 2. The zero-order chi connectivity index (χ0) is 13.5. The van der Waals surface area contributed by atoms with Crippen LogP contribution in [0.5, 0.6) is 11.5 Å². The van der Waals surface area contributed by atoms with Crippen LogP contribution >= 0.6 is 0 Å². The van der Waals surface area contributed by atoms with Crippen molar-refractivity contribution in [3.8, 4) is 11.5 Å². The smallest absolute Gasteiger partial charge is 0.339 e. The van der Waals surface area contributed by atoms with E-state index in [0.717, 1.165) is 0 Å². The molecule has 6 nitrogen and oxygen atoms in total. The molecule has 0 aliphatic carbocycles. The van der Waals surface area contributed by atoms with Crippen molar-refractivity contribution in [1.29, 1.82) is 0 Å². The van der Waals surface area contributed by atoms with Crippen molar-refractivity contribution < 1.29 is 24.2 Å². The summed E-state index contributed by atoms with van der Waals surface area (Å²) in [6.45, 7) is 1.92. The lowest BCUT2D eigenvalue weighted by atomic mass is 10.2. The molecule has 0 aliphatic heterocycles. The molecule has 0 aliphatic rings. The van der Waals surface area contributed by atoms with Gasteiger partial charge in [-0.2, -0.15) is 0 Å². The van der Waals surface area contributed by atoms with Gasteiger partial charge in [-0.25, -0.2) is 4.79 Å². The van der Waals surface area contributed by atoms with Gasteiger partial charge in [0.25, 0.3) is 0 Å². The number of nitrogens with one attached hydrogen (secondary N) is 1. The maximum absolute atomic E-state index is 11.0. The molecule has 0 fully saturated rings. The highest BCUT2D eigenvalue weighted by atomic mass is 16.5. The van der Waals surface area contributed by atoms with Crippen LogP contribution in [0, 0.1) is 0 Å². The molecule has 18 heavy (non-hydrogen) atoms. The number of carboxylic acids is 1. The average Bonchev–Trinajstić information content (AvgIpc) is 2.34. The first-order chi connectivity index (χ1) is 8.54. The molecule has 0 aromatic heterocycles. The molecular weight excluding hydrogens is 238 g/mol. The number of carboxylic acid groups (broad SMARTS) is 1. The number of carbonyl (C=O) groups excluding carboxylic acids is 1. The van der Waals surface area contributed by atoms with Crippen LogP contribution in [0.25, 0.3) is 0 Å². The van der Waals surface area contributed by atoms with Gasteiger partial charge in [-0.1, -0.05) is 0 Å². The maximum Gasteiger partial charge on any atom is 0.339 e. The van der Waals surface area contributed by atoms with Crippen LogP contribution in [-0.2, 0) is 4.79 Å². The van der Waals surface area contributed by atoms with Gasteiger partial charge in [0.2, 0.25) is 5.91 Å². The van der Waals surface area contributed by atoms with Crippen molar-refractivity contribution in [2.24, 2.45) is 0 Å². The summed E-state index contributed by atoms with van der Waals surface area (Å²) >= 11 is 0. The highest BCUT2D eigenvalue weighted by molar-refractivity contribution is 5.91. The molecule has 1 aromatic carbocycles. The molecule has 0 radical (unpaired) electrons. The highest BCUT2D eigenvalue weighted by Crippen LogP contribution is 2.24. The molecule has 2 N–H and O–H groups in total. The van der Waals surface area contributed by atoms with Gasteiger partial charge in [-0.15, -0.1) is 0 Å². The molecule has 98 valence electrons. The van der Waals surface area contributed by atoms with E-state index in [9.17, 15) is 9.59 Å². The van der Waals surface area contributed by atoms with Crippen molar-refractivity contribution in [2.45, 2.75) is 6.92 Å². The molecule has 0 spiro atoms. The van der Waals surface area contributed by atoms with E-state index in [4.69, 9.17) is 14.6 Å². The molecule has 0 saturated carbocycles. The number of hydrogen-bond donors (Lipinski definition) is 2. The average molecular weight is 253 g/mol. The fourth-order valence-corrected chi connectivity index (χ4v) is 1.32. The number of ether oxygens (including phenoxy) is 2. The molecule has 1 rings (SSSR count). The van der Waals surface area contributed by atoms with E-state index in [-0.39, 0.29) is 23.8 Å². The Balaban J connectivity index is 2.69. The zero-order valence-electron chi connectivity index (χ0n) is 10.2. The number of aromatic carboxylic acids is 1. The summed E-state index contributed by atoms with van der Waals surface area (Å²) in [4.78, 5) is 21.7. The Labute approximate surface area is 105 Å². The first kappa shape index (κ1) is 13.8. The lowest BCUT2D eigenvalue weighted by Crippen LogP contribution is -2.25. The van der Waals surface area contributed by atoms with Gasteiger partial charge in [0.1, 0.15) is 23.7 Å². The third-order valence-electron chi connectivity index (χ3n) is 2.15. The Kier molecular flexibility index (Phi) is 4.98. The van der Waals surface area contributed by atoms with Crippen LogP contribution in [-0.4, -0.2) is 37.2 Å². The van der Waals surface area contributed by atoms with Crippen molar-refractivity contribution in [1.82, 2.24) is 5.32 Å². The molecule has 0 unspecified atom stereocenters. The Hall–Kier alpha value is -2.24. The van der Waals surface area contributed by atoms with E-state index in [1.165, 1.54) is 26.2 Å². The third kappa shape index (κ3) is 3.97. The van der Waals surface area contributed by atoms with E-state index in [1.807, 2.05) is 0 Å². The number of benzene rings is 1. The monoisotopic (exact) mass is 253 g/mol. The van der Waals surface area contributed by atoms with Crippen LogP contribution in [0.2, 0.25) is 0 Å². The van der Waals surface area contributed by atoms with Gasteiger partial charge in [0.15, 0.2) is 0 Å². The first-order valence-corrected chi connectivity index (χ1v) is 5.33. The van der Waals surface area contributed by atoms with Crippen LogP contribution in [0.1, 0.15) is 17.3 Å².